The Morgan fingerprint density at radius 2 is 2.14 bits per heavy atom. The molecule has 0 N–H and O–H groups in total. The number of carbonyl (C=O) groups excluding carboxylic acids is 1. The van der Waals surface area contributed by atoms with Crippen LogP contribution in [-0.4, -0.2) is 21.2 Å². The van der Waals surface area contributed by atoms with Crippen molar-refractivity contribution in [1.29, 1.82) is 0 Å². The Hall–Kier alpha value is -0.833. The lowest BCUT2D eigenvalue weighted by Gasteiger charge is -2.12. The molecule has 0 aromatic heterocycles. The van der Waals surface area contributed by atoms with Crippen LogP contribution in [0.2, 0.25) is 19.6 Å². The van der Waals surface area contributed by atoms with Gasteiger partial charge in [-0.05, 0) is 6.42 Å². The van der Waals surface area contributed by atoms with Crippen LogP contribution in [0.4, 0.5) is 0 Å². The Labute approximate surface area is 86.7 Å². The van der Waals surface area contributed by atoms with Crippen molar-refractivity contribution in [2.75, 3.05) is 7.11 Å². The first-order valence-corrected chi connectivity index (χ1v) is 8.35. The first-order chi connectivity index (χ1) is 6.43. The highest BCUT2D eigenvalue weighted by atomic mass is 28.3. The first kappa shape index (κ1) is 11.2. The van der Waals surface area contributed by atoms with Crippen LogP contribution in [0.25, 0.3) is 0 Å². The van der Waals surface area contributed by atoms with Crippen molar-refractivity contribution in [2.24, 2.45) is 5.92 Å². The van der Waals surface area contributed by atoms with E-state index in [4.69, 9.17) is 4.74 Å². The summed E-state index contributed by atoms with van der Waals surface area (Å²) in [5.41, 5.74) is 1.26. The SMILES string of the molecule is C=CCC1=C([Si](C)(C)C)C1C(=O)OC. The zero-order valence-electron chi connectivity index (χ0n) is 9.39. The number of hydrogen-bond acceptors (Lipinski definition) is 2. The second-order valence-electron chi connectivity index (χ2n) is 4.64. The van der Waals surface area contributed by atoms with E-state index in [1.807, 2.05) is 6.08 Å². The minimum Gasteiger partial charge on any atom is -0.468 e. The molecule has 0 aliphatic heterocycles. The number of hydrogen-bond donors (Lipinski definition) is 0. The van der Waals surface area contributed by atoms with E-state index in [1.54, 1.807) is 0 Å². The van der Waals surface area contributed by atoms with Crippen LogP contribution in [0.3, 0.4) is 0 Å². The van der Waals surface area contributed by atoms with Gasteiger partial charge >= 0.3 is 5.97 Å². The third kappa shape index (κ3) is 1.98. The van der Waals surface area contributed by atoms with Gasteiger partial charge in [0.15, 0.2) is 0 Å². The van der Waals surface area contributed by atoms with E-state index in [9.17, 15) is 4.79 Å². The van der Waals surface area contributed by atoms with E-state index in [2.05, 4.69) is 26.2 Å². The summed E-state index contributed by atoms with van der Waals surface area (Å²) in [7, 11) is 0.118. The summed E-state index contributed by atoms with van der Waals surface area (Å²) in [4.78, 5) is 11.4. The maximum absolute atomic E-state index is 11.4. The Morgan fingerprint density at radius 3 is 2.50 bits per heavy atom. The Kier molecular flexibility index (Phi) is 3.00. The molecule has 0 heterocycles. The van der Waals surface area contributed by atoms with Gasteiger partial charge in [-0.1, -0.05) is 36.5 Å². The van der Waals surface area contributed by atoms with Crippen LogP contribution in [-0.2, 0) is 9.53 Å². The standard InChI is InChI=1S/C11H18O2Si/c1-6-7-8-9(11(12)13-2)10(8)14(3,4)5/h6,9H,1,7H2,2-5H3. The maximum atomic E-state index is 11.4. The summed E-state index contributed by atoms with van der Waals surface area (Å²) in [6.45, 7) is 10.5. The highest BCUT2D eigenvalue weighted by Gasteiger charge is 2.47. The topological polar surface area (TPSA) is 26.3 Å². The molecule has 14 heavy (non-hydrogen) atoms. The molecule has 0 aromatic rings. The first-order valence-electron chi connectivity index (χ1n) is 4.85. The highest BCUT2D eigenvalue weighted by Crippen LogP contribution is 2.47. The third-order valence-electron chi connectivity index (χ3n) is 2.51. The highest BCUT2D eigenvalue weighted by molar-refractivity contribution is 6.84. The van der Waals surface area contributed by atoms with Crippen LogP contribution in [0.1, 0.15) is 6.42 Å². The van der Waals surface area contributed by atoms with Gasteiger partial charge in [0.2, 0.25) is 0 Å². The molecule has 0 aromatic carbocycles. The van der Waals surface area contributed by atoms with Crippen molar-refractivity contribution in [3.8, 4) is 0 Å². The molecule has 1 unspecified atom stereocenters. The average Bonchev–Trinajstić information content (AvgIpc) is 2.77. The van der Waals surface area contributed by atoms with Gasteiger partial charge in [0, 0.05) is 0 Å². The maximum Gasteiger partial charge on any atom is 0.316 e. The summed E-state index contributed by atoms with van der Waals surface area (Å²) in [6, 6.07) is 0. The summed E-state index contributed by atoms with van der Waals surface area (Å²) in [6.07, 6.45) is 2.69. The van der Waals surface area contributed by atoms with Gasteiger partial charge < -0.3 is 4.74 Å². The molecule has 0 fully saturated rings. The molecule has 0 radical (unpaired) electrons. The third-order valence-corrected chi connectivity index (χ3v) is 4.73. The fourth-order valence-electron chi connectivity index (χ4n) is 1.94. The fraction of sp³-hybridized carbons (Fsp3) is 0.545. The monoisotopic (exact) mass is 210 g/mol. The normalized spacial score (nSPS) is 20.7. The molecule has 0 bridgehead atoms. The smallest absolute Gasteiger partial charge is 0.316 e. The molecule has 1 aliphatic carbocycles. The molecule has 0 spiro atoms. The molecule has 1 aliphatic rings. The van der Waals surface area contributed by atoms with Crippen LogP contribution < -0.4 is 0 Å². The van der Waals surface area contributed by atoms with E-state index >= 15 is 0 Å². The van der Waals surface area contributed by atoms with E-state index in [0.717, 1.165) is 6.42 Å². The Morgan fingerprint density at radius 1 is 1.57 bits per heavy atom. The summed E-state index contributed by atoms with van der Waals surface area (Å²) < 4.78 is 4.78. The number of rotatable bonds is 4. The van der Waals surface area contributed by atoms with E-state index < -0.39 is 8.07 Å². The molecular weight excluding hydrogens is 192 g/mol. The van der Waals surface area contributed by atoms with Crippen LogP contribution in [0.5, 0.6) is 0 Å². The van der Waals surface area contributed by atoms with E-state index in [0.29, 0.717) is 0 Å². The van der Waals surface area contributed by atoms with Gasteiger partial charge in [-0.25, -0.2) is 0 Å². The molecule has 0 saturated carbocycles. The second-order valence-corrected chi connectivity index (χ2v) is 9.68. The lowest BCUT2D eigenvalue weighted by Crippen LogP contribution is -2.22. The predicted octanol–water partition coefficient (Wildman–Crippen LogP) is 2.54. The van der Waals surface area contributed by atoms with Gasteiger partial charge in [0.05, 0.1) is 21.1 Å². The van der Waals surface area contributed by atoms with Crippen LogP contribution in [0, 0.1) is 5.92 Å². The molecule has 0 saturated heterocycles. The molecule has 0 amide bonds. The Bertz CT molecular complexity index is 297. The van der Waals surface area contributed by atoms with Gasteiger partial charge in [-0.3, -0.25) is 4.79 Å². The predicted molar refractivity (Wildman–Crippen MR) is 60.7 cm³/mol. The quantitative estimate of drug-likeness (QED) is 0.405. The molecule has 78 valence electrons. The number of carbonyl (C=O) groups is 1. The molecule has 3 heteroatoms. The molecular formula is C11H18O2Si. The van der Waals surface area contributed by atoms with Crippen molar-refractivity contribution in [1.82, 2.24) is 0 Å². The van der Waals surface area contributed by atoms with Gasteiger partial charge in [0.1, 0.15) is 0 Å². The average molecular weight is 210 g/mol. The van der Waals surface area contributed by atoms with Gasteiger partial charge in [0.25, 0.3) is 0 Å². The van der Waals surface area contributed by atoms with Crippen molar-refractivity contribution in [2.45, 2.75) is 26.1 Å². The van der Waals surface area contributed by atoms with Crippen molar-refractivity contribution >= 4 is 14.0 Å². The number of esters is 1. The van der Waals surface area contributed by atoms with Gasteiger partial charge in [-0.2, -0.15) is 0 Å². The van der Waals surface area contributed by atoms with Crippen molar-refractivity contribution < 1.29 is 9.53 Å². The summed E-state index contributed by atoms with van der Waals surface area (Å²) in [5, 5.41) is 1.37. The van der Waals surface area contributed by atoms with E-state index in [-0.39, 0.29) is 11.9 Å². The number of ether oxygens (including phenoxy) is 1. The largest absolute Gasteiger partial charge is 0.468 e. The van der Waals surface area contributed by atoms with Gasteiger partial charge in [-0.15, -0.1) is 6.58 Å². The molecule has 1 atom stereocenters. The van der Waals surface area contributed by atoms with Crippen molar-refractivity contribution in [3.63, 3.8) is 0 Å². The lowest BCUT2D eigenvalue weighted by molar-refractivity contribution is -0.141. The number of allylic oxidation sites excluding steroid dienone is 1. The Balaban J connectivity index is 2.80. The zero-order chi connectivity index (χ0) is 10.9. The minimum atomic E-state index is -1.33. The summed E-state index contributed by atoms with van der Waals surface area (Å²) in [5.74, 6) is -0.107. The van der Waals surface area contributed by atoms with E-state index in [1.165, 1.54) is 17.9 Å². The lowest BCUT2D eigenvalue weighted by atomic mass is 10.2. The number of methoxy groups -OCH3 is 1. The molecule has 2 nitrogen and oxygen atoms in total. The minimum absolute atomic E-state index is 0.00957. The fourth-order valence-corrected chi connectivity index (χ4v) is 4.24. The van der Waals surface area contributed by atoms with Crippen LogP contribution in [0.15, 0.2) is 23.4 Å². The summed E-state index contributed by atoms with van der Waals surface area (Å²) >= 11 is 0. The zero-order valence-corrected chi connectivity index (χ0v) is 10.4. The second kappa shape index (κ2) is 3.73. The van der Waals surface area contributed by atoms with Crippen LogP contribution >= 0.6 is 0 Å². The van der Waals surface area contributed by atoms with Crippen molar-refractivity contribution in [3.05, 3.63) is 23.4 Å². The molecule has 1 rings (SSSR count).